The third-order valence-corrected chi connectivity index (χ3v) is 8.01. The van der Waals surface area contributed by atoms with Crippen LogP contribution in [0.1, 0.15) is 79.0 Å². The number of benzene rings is 1. The topological polar surface area (TPSA) is 104 Å². The molecule has 0 aliphatic carbocycles. The van der Waals surface area contributed by atoms with Crippen LogP contribution in [0.2, 0.25) is 0 Å². The van der Waals surface area contributed by atoms with Crippen LogP contribution >= 0.6 is 0 Å². The molecule has 3 amide bonds. The van der Waals surface area contributed by atoms with E-state index in [0.29, 0.717) is 57.4 Å². The zero-order valence-electron chi connectivity index (χ0n) is 26.2. The average molecular weight is 590 g/mol. The Morgan fingerprint density at radius 2 is 1.79 bits per heavy atom. The number of allylic oxidation sites excluding steroid dienone is 1. The van der Waals surface area contributed by atoms with Crippen LogP contribution < -0.4 is 10.2 Å². The summed E-state index contributed by atoms with van der Waals surface area (Å²) in [5.74, 6) is -1.89. The third-order valence-electron chi connectivity index (χ3n) is 8.01. The van der Waals surface area contributed by atoms with Crippen LogP contribution in [0.4, 0.5) is 10.0 Å². The highest BCUT2D eigenvalue weighted by Gasteiger charge is 2.55. The SMILES string of the molecule is CCCC(=O)N(C=O)OC(=O)C1=C(C)C2=C(c3ccc(N(C)C)c(C)c3)c3c(C)c(C(=O)NCC)c(C)n3B(F)[N+]2=C1C. The number of aryl methyl sites for hydroxylation is 1. The van der Waals surface area contributed by atoms with E-state index >= 15 is 4.32 Å². The van der Waals surface area contributed by atoms with E-state index in [9.17, 15) is 19.2 Å². The second-order valence-corrected chi connectivity index (χ2v) is 11.0. The number of imide groups is 1. The van der Waals surface area contributed by atoms with Crippen LogP contribution in [0.5, 0.6) is 0 Å². The predicted octanol–water partition coefficient (Wildman–Crippen LogP) is 3.85. The number of hydroxylamine groups is 2. The smallest absolute Gasteiger partial charge is 0.377 e. The van der Waals surface area contributed by atoms with Gasteiger partial charge < -0.3 is 15.1 Å². The molecule has 10 nitrogen and oxygen atoms in total. The number of fused-ring (bicyclic) bond motifs is 2. The number of carbonyl (C=O) groups is 4. The van der Waals surface area contributed by atoms with E-state index in [0.717, 1.165) is 16.8 Å². The monoisotopic (exact) mass is 590 g/mol. The van der Waals surface area contributed by atoms with Gasteiger partial charge in [0.15, 0.2) is 11.4 Å². The maximum absolute atomic E-state index is 16.8. The first-order valence-electron chi connectivity index (χ1n) is 14.3. The molecule has 0 unspecified atom stereocenters. The van der Waals surface area contributed by atoms with Crippen LogP contribution in [-0.2, 0) is 19.2 Å². The molecule has 0 spiro atoms. The Kier molecular flexibility index (Phi) is 8.80. The minimum Gasteiger partial charge on any atom is -0.377 e. The number of rotatable bonds is 8. The molecule has 2 aliphatic heterocycles. The van der Waals surface area contributed by atoms with Crippen molar-refractivity contribution in [1.29, 1.82) is 0 Å². The lowest BCUT2D eigenvalue weighted by Gasteiger charge is -2.23. The molecule has 0 bridgehead atoms. The summed E-state index contributed by atoms with van der Waals surface area (Å²) in [6, 6.07) is 5.92. The summed E-state index contributed by atoms with van der Waals surface area (Å²) in [5.41, 5.74) is 6.58. The van der Waals surface area contributed by atoms with E-state index in [4.69, 9.17) is 4.84 Å². The molecule has 0 saturated carbocycles. The summed E-state index contributed by atoms with van der Waals surface area (Å²) in [6.45, 7) is 12.8. The van der Waals surface area contributed by atoms with Crippen LogP contribution in [0.25, 0.3) is 5.57 Å². The highest BCUT2D eigenvalue weighted by Crippen LogP contribution is 2.44. The fourth-order valence-electron chi connectivity index (χ4n) is 6.15. The van der Waals surface area contributed by atoms with Crippen molar-refractivity contribution in [3.8, 4) is 0 Å². The van der Waals surface area contributed by atoms with Gasteiger partial charge in [0.2, 0.25) is 0 Å². The van der Waals surface area contributed by atoms with Gasteiger partial charge in [-0.25, -0.2) is 13.6 Å². The molecule has 0 atom stereocenters. The maximum atomic E-state index is 16.8. The molecule has 2 aliphatic rings. The Hall–Kier alpha value is -4.48. The van der Waals surface area contributed by atoms with E-state index in [1.807, 2.05) is 51.0 Å². The largest absolute Gasteiger partial charge is 0.846 e. The minimum absolute atomic E-state index is 0.0188. The molecule has 0 radical (unpaired) electrons. The number of aromatic nitrogens is 1. The summed E-state index contributed by atoms with van der Waals surface area (Å²) >= 11 is 0. The normalized spacial score (nSPS) is 14.1. The van der Waals surface area contributed by atoms with E-state index in [1.165, 1.54) is 8.96 Å². The predicted molar refractivity (Wildman–Crippen MR) is 163 cm³/mol. The first-order valence-corrected chi connectivity index (χ1v) is 14.3. The maximum Gasteiger partial charge on any atom is 0.846 e. The third kappa shape index (κ3) is 5.08. The quantitative estimate of drug-likeness (QED) is 0.285. The summed E-state index contributed by atoms with van der Waals surface area (Å²) in [5, 5.41) is 3.22. The lowest BCUT2D eigenvalue weighted by molar-refractivity contribution is -0.337. The molecule has 0 saturated heterocycles. The van der Waals surface area contributed by atoms with Gasteiger partial charge in [0.05, 0.1) is 16.8 Å². The van der Waals surface area contributed by atoms with Gasteiger partial charge in [0.1, 0.15) is 5.57 Å². The van der Waals surface area contributed by atoms with Gasteiger partial charge in [-0.1, -0.05) is 13.0 Å². The standard InChI is InChI=1S/C31H37BFN5O5/c1-10-12-24(40)36(16-39)43-31(42)26-19(5)29-27(22-13-14-23(35(8)9)17(3)15-22)28-18(4)25(30(41)34-11-2)20(6)37(28)32(33)38(29)21(26)7/h13-16H,10-12H2,1-9H3/p+1. The molecule has 0 fully saturated rings. The van der Waals surface area contributed by atoms with Crippen molar-refractivity contribution in [2.45, 2.75) is 61.3 Å². The van der Waals surface area contributed by atoms with Crippen molar-refractivity contribution in [1.82, 2.24) is 14.9 Å². The number of anilines is 1. The second-order valence-electron chi connectivity index (χ2n) is 11.0. The molecule has 1 aromatic carbocycles. The Balaban J connectivity index is 2.03. The number of nitrogens with one attached hydrogen (secondary N) is 1. The fourth-order valence-corrected chi connectivity index (χ4v) is 6.15. The first-order chi connectivity index (χ1) is 20.3. The van der Waals surface area contributed by atoms with Crippen molar-refractivity contribution in [2.75, 3.05) is 25.5 Å². The lowest BCUT2D eigenvalue weighted by atomic mass is 9.86. The van der Waals surface area contributed by atoms with Gasteiger partial charge in [0.25, 0.3) is 18.2 Å². The van der Waals surface area contributed by atoms with Crippen molar-refractivity contribution in [3.05, 3.63) is 68.7 Å². The number of amides is 3. The molecule has 2 aromatic rings. The summed E-state index contributed by atoms with van der Waals surface area (Å²) in [4.78, 5) is 57.8. The first kappa shape index (κ1) is 31.5. The van der Waals surface area contributed by atoms with Gasteiger partial charge in [-0.15, -0.1) is 5.06 Å². The van der Waals surface area contributed by atoms with Gasteiger partial charge in [-0.3, -0.25) is 18.9 Å². The molecule has 226 valence electrons. The number of halogens is 1. The van der Waals surface area contributed by atoms with Crippen molar-refractivity contribution in [3.63, 3.8) is 0 Å². The molecule has 4 rings (SSSR count). The molecule has 1 aromatic heterocycles. The number of carbonyl (C=O) groups excluding carboxylic acids is 4. The highest BCUT2D eigenvalue weighted by atomic mass is 19.1. The minimum atomic E-state index is -1.79. The summed E-state index contributed by atoms with van der Waals surface area (Å²) < 4.78 is 19.7. The Bertz CT molecular complexity index is 1650. The van der Waals surface area contributed by atoms with E-state index in [2.05, 4.69) is 5.32 Å². The second kappa shape index (κ2) is 12.0. The van der Waals surface area contributed by atoms with Gasteiger partial charge >= 0.3 is 13.2 Å². The zero-order valence-corrected chi connectivity index (χ0v) is 26.2. The number of hydrogen-bond acceptors (Lipinski definition) is 6. The van der Waals surface area contributed by atoms with Crippen LogP contribution in [-0.4, -0.2) is 71.8 Å². The molecule has 3 heterocycles. The fraction of sp³-hybridized carbons (Fsp3) is 0.387. The highest BCUT2D eigenvalue weighted by molar-refractivity contribution is 6.45. The summed E-state index contributed by atoms with van der Waals surface area (Å²) in [7, 11) is 2.11. The van der Waals surface area contributed by atoms with Gasteiger partial charge in [-0.2, -0.15) is 0 Å². The molecule has 12 heteroatoms. The van der Waals surface area contributed by atoms with Crippen LogP contribution in [0, 0.1) is 20.8 Å². The van der Waals surface area contributed by atoms with Crippen molar-refractivity contribution in [2.24, 2.45) is 0 Å². The average Bonchev–Trinajstić information content (AvgIpc) is 3.36. The van der Waals surface area contributed by atoms with E-state index < -0.39 is 19.1 Å². The summed E-state index contributed by atoms with van der Waals surface area (Å²) in [6.07, 6.45) is 0.635. The Labute approximate surface area is 251 Å². The Morgan fingerprint density at radius 1 is 1.12 bits per heavy atom. The Morgan fingerprint density at radius 3 is 2.35 bits per heavy atom. The van der Waals surface area contributed by atoms with E-state index in [-0.39, 0.29) is 30.0 Å². The zero-order chi connectivity index (χ0) is 31.9. The van der Waals surface area contributed by atoms with Gasteiger partial charge in [-0.05, 0) is 69.9 Å². The lowest BCUT2D eigenvalue weighted by Crippen LogP contribution is -2.41. The molecular formula is C31H38BFN5O5+. The van der Waals surface area contributed by atoms with E-state index in [1.54, 1.807) is 34.6 Å². The molecular weight excluding hydrogens is 552 g/mol. The van der Waals surface area contributed by atoms with Crippen LogP contribution in [0.15, 0.2) is 35.0 Å². The van der Waals surface area contributed by atoms with Crippen molar-refractivity contribution < 1.29 is 32.8 Å². The number of nitrogens with zero attached hydrogens (tertiary/aromatic N) is 4. The molecule has 1 N–H and O–H groups in total. The van der Waals surface area contributed by atoms with Gasteiger partial charge in [0, 0.05) is 50.9 Å². The molecule has 43 heavy (non-hydrogen) atoms. The van der Waals surface area contributed by atoms with Crippen molar-refractivity contribution >= 4 is 48.4 Å². The number of hydrogen-bond donors (Lipinski definition) is 1. The van der Waals surface area contributed by atoms with Crippen LogP contribution in [0.3, 0.4) is 0 Å².